The number of nitro benzene ring substituents is 1. The maximum atomic E-state index is 12.6. The number of benzene rings is 1. The number of nitro groups is 1. The van der Waals surface area contributed by atoms with Gasteiger partial charge in [0.05, 0.1) is 21.4 Å². The topological polar surface area (TPSA) is 101 Å². The highest BCUT2D eigenvalue weighted by atomic mass is 35.5. The van der Waals surface area contributed by atoms with Crippen molar-refractivity contribution in [3.05, 3.63) is 38.9 Å². The largest absolute Gasteiger partial charge is 0.481 e. The van der Waals surface area contributed by atoms with Gasteiger partial charge in [-0.2, -0.15) is 0 Å². The highest BCUT2D eigenvalue weighted by molar-refractivity contribution is 6.34. The molecule has 0 spiro atoms. The molecule has 8 heteroatoms. The van der Waals surface area contributed by atoms with E-state index in [1.807, 2.05) is 6.92 Å². The van der Waals surface area contributed by atoms with E-state index in [0.29, 0.717) is 12.8 Å². The molecule has 2 atom stereocenters. The number of likely N-dealkylation sites (tertiary alicyclic amines) is 1. The summed E-state index contributed by atoms with van der Waals surface area (Å²) in [5.41, 5.74) is -0.0539. The van der Waals surface area contributed by atoms with Gasteiger partial charge in [0.1, 0.15) is 0 Å². The van der Waals surface area contributed by atoms with Crippen molar-refractivity contribution in [3.63, 3.8) is 0 Å². The second-order valence-electron chi connectivity index (χ2n) is 5.34. The molecule has 1 heterocycles. The molecule has 22 heavy (non-hydrogen) atoms. The lowest BCUT2D eigenvalue weighted by atomic mass is 9.93. The quantitative estimate of drug-likeness (QED) is 0.679. The van der Waals surface area contributed by atoms with Gasteiger partial charge in [-0.3, -0.25) is 19.7 Å². The maximum absolute atomic E-state index is 12.6. The Labute approximate surface area is 131 Å². The molecule has 0 aliphatic carbocycles. The van der Waals surface area contributed by atoms with Gasteiger partial charge >= 0.3 is 5.97 Å². The minimum Gasteiger partial charge on any atom is -0.481 e. The van der Waals surface area contributed by atoms with Crippen LogP contribution in [0.3, 0.4) is 0 Å². The number of carboxylic acids is 1. The third-order valence-electron chi connectivity index (χ3n) is 3.89. The van der Waals surface area contributed by atoms with Crippen LogP contribution in [0.4, 0.5) is 5.69 Å². The SMILES string of the molecule is CC1CCC(C(=O)O)CN1C(=O)c1ccc([N+](=O)[O-])cc1Cl. The van der Waals surface area contributed by atoms with Crippen LogP contribution in [0.1, 0.15) is 30.1 Å². The molecule has 2 rings (SSSR count). The first-order valence-corrected chi connectivity index (χ1v) is 7.16. The first-order chi connectivity index (χ1) is 10.3. The van der Waals surface area contributed by atoms with Crippen LogP contribution < -0.4 is 0 Å². The van der Waals surface area contributed by atoms with Gasteiger partial charge < -0.3 is 10.0 Å². The summed E-state index contributed by atoms with van der Waals surface area (Å²) in [5.74, 6) is -1.94. The van der Waals surface area contributed by atoms with E-state index < -0.39 is 22.7 Å². The Kier molecular flexibility index (Phi) is 4.65. The van der Waals surface area contributed by atoms with Gasteiger partial charge in [-0.25, -0.2) is 0 Å². The summed E-state index contributed by atoms with van der Waals surface area (Å²) < 4.78 is 0. The van der Waals surface area contributed by atoms with Gasteiger partial charge in [0.2, 0.25) is 0 Å². The molecule has 1 aliphatic heterocycles. The van der Waals surface area contributed by atoms with Crippen molar-refractivity contribution in [2.75, 3.05) is 6.54 Å². The molecule has 0 saturated carbocycles. The Morgan fingerprint density at radius 1 is 1.41 bits per heavy atom. The number of aliphatic carboxylic acids is 1. The summed E-state index contributed by atoms with van der Waals surface area (Å²) in [6.07, 6.45) is 1.11. The normalized spacial score (nSPS) is 21.5. The zero-order chi connectivity index (χ0) is 16.4. The van der Waals surface area contributed by atoms with E-state index in [1.54, 1.807) is 0 Å². The minimum absolute atomic E-state index is 0.0103. The monoisotopic (exact) mass is 326 g/mol. The van der Waals surface area contributed by atoms with Crippen molar-refractivity contribution >= 4 is 29.2 Å². The molecular formula is C14H15ClN2O5. The Morgan fingerprint density at radius 3 is 2.64 bits per heavy atom. The lowest BCUT2D eigenvalue weighted by Crippen LogP contribution is -2.47. The molecule has 0 radical (unpaired) electrons. The van der Waals surface area contributed by atoms with E-state index >= 15 is 0 Å². The van der Waals surface area contributed by atoms with Crippen LogP contribution in [0.5, 0.6) is 0 Å². The smallest absolute Gasteiger partial charge is 0.308 e. The fraction of sp³-hybridized carbons (Fsp3) is 0.429. The van der Waals surface area contributed by atoms with E-state index in [9.17, 15) is 19.7 Å². The predicted molar refractivity (Wildman–Crippen MR) is 79.0 cm³/mol. The third kappa shape index (κ3) is 3.19. The highest BCUT2D eigenvalue weighted by Gasteiger charge is 2.33. The van der Waals surface area contributed by atoms with E-state index in [-0.39, 0.29) is 28.9 Å². The zero-order valence-electron chi connectivity index (χ0n) is 11.9. The van der Waals surface area contributed by atoms with E-state index in [0.717, 1.165) is 6.07 Å². The molecule has 0 bridgehead atoms. The first kappa shape index (κ1) is 16.2. The number of carbonyl (C=O) groups excluding carboxylic acids is 1. The van der Waals surface area contributed by atoms with Crippen LogP contribution in [-0.4, -0.2) is 39.4 Å². The van der Waals surface area contributed by atoms with E-state index in [4.69, 9.17) is 16.7 Å². The van der Waals surface area contributed by atoms with Crippen LogP contribution in [0.2, 0.25) is 5.02 Å². The third-order valence-corrected chi connectivity index (χ3v) is 4.20. The Balaban J connectivity index is 2.26. The number of non-ortho nitro benzene ring substituents is 1. The van der Waals surface area contributed by atoms with Gasteiger partial charge in [-0.05, 0) is 25.8 Å². The summed E-state index contributed by atoms with van der Waals surface area (Å²) >= 11 is 5.97. The van der Waals surface area contributed by atoms with Gasteiger partial charge in [-0.1, -0.05) is 11.6 Å². The standard InChI is InChI=1S/C14H15ClN2O5/c1-8-2-3-9(14(19)20)7-16(8)13(18)11-5-4-10(17(21)22)6-12(11)15/h4-6,8-9H,2-3,7H2,1H3,(H,19,20). The number of carboxylic acid groups (broad SMARTS) is 1. The number of rotatable bonds is 3. The molecule has 7 nitrogen and oxygen atoms in total. The second-order valence-corrected chi connectivity index (χ2v) is 5.75. The summed E-state index contributed by atoms with van der Waals surface area (Å²) in [6, 6.07) is 3.54. The van der Waals surface area contributed by atoms with Crippen LogP contribution in [0.15, 0.2) is 18.2 Å². The molecule has 1 N–H and O–H groups in total. The maximum Gasteiger partial charge on any atom is 0.308 e. The number of halogens is 1. The van der Waals surface area contributed by atoms with Gasteiger partial charge in [0.15, 0.2) is 0 Å². The van der Waals surface area contributed by atoms with Crippen LogP contribution in [0.25, 0.3) is 0 Å². The van der Waals surface area contributed by atoms with Crippen molar-refractivity contribution in [2.24, 2.45) is 5.92 Å². The molecule has 2 unspecified atom stereocenters. The Bertz CT molecular complexity index is 634. The molecule has 1 saturated heterocycles. The van der Waals surface area contributed by atoms with Crippen molar-refractivity contribution in [2.45, 2.75) is 25.8 Å². The number of hydrogen-bond acceptors (Lipinski definition) is 4. The summed E-state index contributed by atoms with van der Waals surface area (Å²) in [5, 5.41) is 19.8. The van der Waals surface area contributed by atoms with Crippen LogP contribution >= 0.6 is 11.6 Å². The molecule has 1 aromatic carbocycles. The summed E-state index contributed by atoms with van der Waals surface area (Å²) in [7, 11) is 0. The number of hydrogen-bond donors (Lipinski definition) is 1. The number of carbonyl (C=O) groups is 2. The molecule has 1 fully saturated rings. The minimum atomic E-state index is -0.931. The van der Waals surface area contributed by atoms with Crippen LogP contribution in [0, 0.1) is 16.0 Å². The molecule has 1 aromatic rings. The average Bonchev–Trinajstić information content (AvgIpc) is 2.46. The molecular weight excluding hydrogens is 312 g/mol. The predicted octanol–water partition coefficient (Wildman–Crippen LogP) is 2.57. The van der Waals surface area contributed by atoms with Gasteiger partial charge in [0, 0.05) is 24.7 Å². The Hall–Kier alpha value is -2.15. The lowest BCUT2D eigenvalue weighted by molar-refractivity contribution is -0.384. The van der Waals surface area contributed by atoms with E-state index in [2.05, 4.69) is 0 Å². The number of nitrogens with zero attached hydrogens (tertiary/aromatic N) is 2. The highest BCUT2D eigenvalue weighted by Crippen LogP contribution is 2.28. The number of amides is 1. The molecule has 1 aliphatic rings. The zero-order valence-corrected chi connectivity index (χ0v) is 12.6. The van der Waals surface area contributed by atoms with E-state index in [1.165, 1.54) is 17.0 Å². The fourth-order valence-electron chi connectivity index (χ4n) is 2.54. The first-order valence-electron chi connectivity index (χ1n) is 6.79. The molecule has 118 valence electrons. The molecule has 1 amide bonds. The molecule has 0 aromatic heterocycles. The van der Waals surface area contributed by atoms with Crippen molar-refractivity contribution in [1.29, 1.82) is 0 Å². The van der Waals surface area contributed by atoms with Crippen molar-refractivity contribution in [1.82, 2.24) is 4.90 Å². The van der Waals surface area contributed by atoms with Gasteiger partial charge in [-0.15, -0.1) is 0 Å². The Morgan fingerprint density at radius 2 is 2.09 bits per heavy atom. The van der Waals surface area contributed by atoms with Gasteiger partial charge in [0.25, 0.3) is 11.6 Å². The lowest BCUT2D eigenvalue weighted by Gasteiger charge is -2.36. The van der Waals surface area contributed by atoms with Crippen molar-refractivity contribution in [3.8, 4) is 0 Å². The summed E-state index contributed by atoms with van der Waals surface area (Å²) in [6.45, 7) is 1.96. The average molecular weight is 327 g/mol. The van der Waals surface area contributed by atoms with Crippen LogP contribution in [-0.2, 0) is 4.79 Å². The summed E-state index contributed by atoms with van der Waals surface area (Å²) in [4.78, 5) is 35.2. The van der Waals surface area contributed by atoms with Crippen molar-refractivity contribution < 1.29 is 19.6 Å². The number of piperidine rings is 1. The fourth-order valence-corrected chi connectivity index (χ4v) is 2.79. The second kappa shape index (κ2) is 6.31.